The van der Waals surface area contributed by atoms with Crippen molar-refractivity contribution in [3.63, 3.8) is 0 Å². The lowest BCUT2D eigenvalue weighted by Gasteiger charge is -2.37. The Kier molecular flexibility index (Phi) is 9.30. The maximum Gasteiger partial charge on any atom is 0.321 e. The maximum atomic E-state index is 14.3. The zero-order valence-corrected chi connectivity index (χ0v) is 26.2. The number of rotatable bonds is 10. The molecule has 2 atom stereocenters. The van der Waals surface area contributed by atoms with Crippen LogP contribution in [0.3, 0.4) is 0 Å². The second-order valence-electron chi connectivity index (χ2n) is 11.3. The van der Waals surface area contributed by atoms with E-state index < -0.39 is 26.0 Å². The number of carbonyl (C=O) groups excluding carboxylic acids is 1. The highest BCUT2D eigenvalue weighted by molar-refractivity contribution is 7.90. The molecule has 1 fully saturated rings. The zero-order valence-electron chi connectivity index (χ0n) is 23.9. The number of carbonyl (C=O) groups is 1. The lowest BCUT2D eigenvalue weighted by atomic mass is 9.75. The van der Waals surface area contributed by atoms with Crippen LogP contribution in [-0.2, 0) is 38.1 Å². The summed E-state index contributed by atoms with van der Waals surface area (Å²) in [7, 11) is -2.03. The molecule has 2 heterocycles. The van der Waals surface area contributed by atoms with Crippen molar-refractivity contribution in [2.75, 3.05) is 39.5 Å². The van der Waals surface area contributed by atoms with Gasteiger partial charge in [0.2, 0.25) is 0 Å². The van der Waals surface area contributed by atoms with Crippen molar-refractivity contribution >= 4 is 44.8 Å². The molecule has 224 valence electrons. The van der Waals surface area contributed by atoms with Gasteiger partial charge in [-0.2, -0.15) is 13.8 Å². The predicted octanol–water partition coefficient (Wildman–Crippen LogP) is 4.64. The van der Waals surface area contributed by atoms with Crippen LogP contribution in [0.25, 0.3) is 0 Å². The van der Waals surface area contributed by atoms with Gasteiger partial charge >= 0.3 is 10.0 Å². The van der Waals surface area contributed by atoms with Gasteiger partial charge in [-0.15, -0.1) is 0 Å². The van der Waals surface area contributed by atoms with Crippen LogP contribution < -0.4 is 14.7 Å². The van der Waals surface area contributed by atoms with Crippen LogP contribution in [0, 0.1) is 0 Å². The summed E-state index contributed by atoms with van der Waals surface area (Å²) in [6.07, 6.45) is 2.77. The van der Waals surface area contributed by atoms with Gasteiger partial charge in [-0.3, -0.25) is 9.69 Å². The van der Waals surface area contributed by atoms with E-state index in [9.17, 15) is 13.2 Å². The summed E-state index contributed by atoms with van der Waals surface area (Å²) in [5, 5.41) is 4.26. The smallest absolute Gasteiger partial charge is 0.321 e. The Balaban J connectivity index is 1.46. The number of fused-ring (bicyclic) bond motifs is 2. The number of benzene rings is 3. The maximum absolute atomic E-state index is 14.3. The third-order valence-electron chi connectivity index (χ3n) is 8.45. The van der Waals surface area contributed by atoms with E-state index >= 15 is 0 Å². The first-order valence-electron chi connectivity index (χ1n) is 14.0. The van der Waals surface area contributed by atoms with Gasteiger partial charge in [0.05, 0.1) is 34.9 Å². The number of likely N-dealkylation sites (N-methyl/N-ethyl adjacent to an activating group) is 1. The second kappa shape index (κ2) is 12.6. The van der Waals surface area contributed by atoms with E-state index in [-0.39, 0.29) is 18.6 Å². The first kappa shape index (κ1) is 30.9. The molecule has 1 spiro atoms. The van der Waals surface area contributed by atoms with Crippen LogP contribution >= 0.6 is 23.2 Å². The van der Waals surface area contributed by atoms with Crippen molar-refractivity contribution in [3.8, 4) is 0 Å². The fourth-order valence-corrected chi connectivity index (χ4v) is 7.77. The van der Waals surface area contributed by atoms with E-state index in [2.05, 4.69) is 10.7 Å². The molecule has 0 aliphatic carbocycles. The number of piperidine rings is 1. The molecule has 0 aromatic heterocycles. The van der Waals surface area contributed by atoms with Crippen molar-refractivity contribution in [2.24, 2.45) is 0 Å². The third kappa shape index (κ3) is 6.24. The summed E-state index contributed by atoms with van der Waals surface area (Å²) >= 11 is 12.4. The molecule has 42 heavy (non-hydrogen) atoms. The molecule has 5 rings (SSSR count). The quantitative estimate of drug-likeness (QED) is 0.317. The molecule has 2 aliphatic heterocycles. The molecule has 0 radical (unpaired) electrons. The van der Waals surface area contributed by atoms with Gasteiger partial charge in [-0.05, 0) is 56.2 Å². The van der Waals surface area contributed by atoms with Crippen LogP contribution in [0.15, 0.2) is 72.8 Å². The number of hydrogen-bond acceptors (Lipinski definition) is 6. The van der Waals surface area contributed by atoms with Crippen LogP contribution in [-0.4, -0.2) is 64.8 Å². The average Bonchev–Trinajstić information content (AvgIpc) is 3.23. The van der Waals surface area contributed by atoms with Gasteiger partial charge in [0.15, 0.2) is 5.69 Å². The van der Waals surface area contributed by atoms with Crippen LogP contribution in [0.1, 0.15) is 29.5 Å². The number of sulfonamides is 1. The van der Waals surface area contributed by atoms with Crippen LogP contribution in [0.2, 0.25) is 10.0 Å². The van der Waals surface area contributed by atoms with Crippen molar-refractivity contribution in [1.29, 1.82) is 0 Å². The Hall–Kier alpha value is -2.50. The topological polar surface area (TPSA) is 87.7 Å². The molecular weight excluding hydrogens is 595 g/mol. The summed E-state index contributed by atoms with van der Waals surface area (Å²) < 4.78 is 32.8. The summed E-state index contributed by atoms with van der Waals surface area (Å²) in [6.45, 7) is 2.56. The largest absolute Gasteiger partial charge is 0.375 e. The molecule has 1 saturated heterocycles. The normalized spacial score (nSPS) is 20.4. The van der Waals surface area contributed by atoms with E-state index in [1.54, 1.807) is 12.1 Å². The Labute approximate surface area is 258 Å². The summed E-state index contributed by atoms with van der Waals surface area (Å²) in [5.74, 6) is -0.433. The third-order valence-corrected chi connectivity index (χ3v) is 10.7. The highest BCUT2D eigenvalue weighted by Gasteiger charge is 2.60. The molecule has 2 N–H and O–H groups in total. The van der Waals surface area contributed by atoms with Crippen LogP contribution in [0.4, 0.5) is 5.69 Å². The molecule has 3 aromatic rings. The molecule has 1 amide bonds. The van der Waals surface area contributed by atoms with Crippen molar-refractivity contribution in [1.82, 2.24) is 19.6 Å². The van der Waals surface area contributed by atoms with Gasteiger partial charge in [-0.25, -0.2) is 0 Å². The highest BCUT2D eigenvalue weighted by atomic mass is 35.5. The van der Waals surface area contributed by atoms with E-state index in [1.807, 2.05) is 72.6 Å². The molecule has 3 aromatic carbocycles. The average molecular weight is 633 g/mol. The monoisotopic (exact) mass is 631 g/mol. The Morgan fingerprint density at radius 2 is 1.71 bits per heavy atom. The minimum Gasteiger partial charge on any atom is -0.375 e. The van der Waals surface area contributed by atoms with E-state index in [4.69, 9.17) is 27.9 Å². The lowest BCUT2D eigenvalue weighted by molar-refractivity contribution is -0.131. The first-order valence-corrected chi connectivity index (χ1v) is 16.6. The summed E-state index contributed by atoms with van der Waals surface area (Å²) in [6, 6.07) is 21.9. The van der Waals surface area contributed by atoms with E-state index in [0.29, 0.717) is 28.9 Å². The number of nitrogens with zero attached hydrogens (tertiary/aromatic N) is 2. The minimum absolute atomic E-state index is 0.0546. The van der Waals surface area contributed by atoms with Gasteiger partial charge < -0.3 is 10.1 Å². The van der Waals surface area contributed by atoms with Gasteiger partial charge in [-0.1, -0.05) is 81.8 Å². The fraction of sp³-hybridized carbons (Fsp3) is 0.387. The fourth-order valence-electron chi connectivity index (χ4n) is 6.20. The molecular formula is C31H37Cl2N4O4S+. The van der Waals surface area contributed by atoms with Crippen LogP contribution in [0.5, 0.6) is 0 Å². The number of amides is 1. The predicted molar refractivity (Wildman–Crippen MR) is 168 cm³/mol. The molecule has 2 aliphatic rings. The van der Waals surface area contributed by atoms with Gasteiger partial charge in [0, 0.05) is 18.2 Å². The Morgan fingerprint density at radius 1 is 1.02 bits per heavy atom. The van der Waals surface area contributed by atoms with Gasteiger partial charge in [0.1, 0.15) is 12.6 Å². The SMILES string of the molecule is CN(Cc1ccc(Cl)c(Cl)c1)C(COCc1ccccc1)C(=O)N[N+]1(S(C)(=O)=O)CC2(CCNCC2)c2ccccc21. The van der Waals surface area contributed by atoms with E-state index in [1.165, 1.54) is 6.26 Å². The molecule has 11 heteroatoms. The molecule has 0 bridgehead atoms. The zero-order chi connectivity index (χ0) is 30.0. The van der Waals surface area contributed by atoms with Gasteiger partial charge in [0.25, 0.3) is 5.91 Å². The first-order chi connectivity index (χ1) is 20.0. The lowest BCUT2D eigenvalue weighted by Crippen LogP contribution is -2.68. The number of hydrogen-bond donors (Lipinski definition) is 2. The number of para-hydroxylation sites is 1. The molecule has 8 nitrogen and oxygen atoms in total. The number of quaternary nitrogens is 1. The van der Waals surface area contributed by atoms with Crippen molar-refractivity contribution < 1.29 is 17.9 Å². The molecule has 0 saturated carbocycles. The Morgan fingerprint density at radius 3 is 2.40 bits per heavy atom. The van der Waals surface area contributed by atoms with Crippen molar-refractivity contribution in [2.45, 2.75) is 37.5 Å². The second-order valence-corrected chi connectivity index (χ2v) is 14.2. The number of ether oxygens (including phenoxy) is 1. The minimum atomic E-state index is -3.85. The highest BCUT2D eigenvalue weighted by Crippen LogP contribution is 2.50. The number of halogens is 2. The van der Waals surface area contributed by atoms with Crippen molar-refractivity contribution in [3.05, 3.63) is 99.5 Å². The molecule has 2 unspecified atom stereocenters. The standard InChI is InChI=1S/C31H36Cl2N4O4S/c1-36(19-24-12-13-26(32)27(33)18-24)28(21-41-20-23-8-4-3-5-9-23)30(38)35-37(42(2,39)40)22-31(14-16-34-17-15-31)25-10-6-7-11-29(25)37/h3-13,18,28,34H,14-17,19-22H2,1-2H3/p+1. The summed E-state index contributed by atoms with van der Waals surface area (Å²) in [5.41, 5.74) is 6.09. The number of nitrogens with one attached hydrogen (secondary N) is 2. The summed E-state index contributed by atoms with van der Waals surface area (Å²) in [4.78, 5) is 16.1. The Bertz CT molecular complexity index is 1530. The van der Waals surface area contributed by atoms with E-state index in [0.717, 1.165) is 42.6 Å².